The smallest absolute Gasteiger partial charge is 0.153 e. The minimum absolute atomic E-state index is 0.0417. The van der Waals surface area contributed by atoms with Gasteiger partial charge >= 0.3 is 0 Å². The van der Waals surface area contributed by atoms with E-state index in [9.17, 15) is 8.42 Å². The van der Waals surface area contributed by atoms with Crippen molar-refractivity contribution in [3.8, 4) is 0 Å². The molecule has 1 atom stereocenters. The number of hydrogen-bond acceptors (Lipinski definition) is 2. The molecule has 1 heterocycles. The zero-order chi connectivity index (χ0) is 8.60. The van der Waals surface area contributed by atoms with Crippen LogP contribution in [0.3, 0.4) is 0 Å². The quantitative estimate of drug-likeness (QED) is 0.628. The summed E-state index contributed by atoms with van der Waals surface area (Å²) in [5.41, 5.74) is 0. The molecule has 1 unspecified atom stereocenters. The molecule has 2 nitrogen and oxygen atoms in total. The third-order valence-electron chi connectivity index (χ3n) is 3.30. The van der Waals surface area contributed by atoms with E-state index in [1.165, 1.54) is 6.42 Å². The average molecular weight is 188 g/mol. The van der Waals surface area contributed by atoms with Gasteiger partial charge in [-0.3, -0.25) is 0 Å². The second-order valence-electron chi connectivity index (χ2n) is 4.09. The van der Waals surface area contributed by atoms with Crippen LogP contribution in [0.2, 0.25) is 0 Å². The van der Waals surface area contributed by atoms with Gasteiger partial charge in [-0.25, -0.2) is 8.42 Å². The normalized spacial score (nSPS) is 35.8. The molecule has 1 aliphatic carbocycles. The lowest BCUT2D eigenvalue weighted by atomic mass is 9.81. The molecule has 1 aliphatic heterocycles. The lowest BCUT2D eigenvalue weighted by Gasteiger charge is -2.35. The van der Waals surface area contributed by atoms with Crippen molar-refractivity contribution in [3.63, 3.8) is 0 Å². The summed E-state index contributed by atoms with van der Waals surface area (Å²) in [5.74, 6) is 0.976. The van der Waals surface area contributed by atoms with Crippen molar-refractivity contribution in [2.24, 2.45) is 5.92 Å². The summed E-state index contributed by atoms with van der Waals surface area (Å²) in [6, 6.07) is 0. The molecule has 0 bridgehead atoms. The second-order valence-corrected chi connectivity index (χ2v) is 6.43. The van der Waals surface area contributed by atoms with Gasteiger partial charge in [-0.1, -0.05) is 12.8 Å². The van der Waals surface area contributed by atoms with Crippen LogP contribution in [0.25, 0.3) is 0 Å². The summed E-state index contributed by atoms with van der Waals surface area (Å²) in [5, 5.41) is 0.0417. The van der Waals surface area contributed by atoms with Gasteiger partial charge in [-0.2, -0.15) is 0 Å². The van der Waals surface area contributed by atoms with Crippen molar-refractivity contribution in [2.45, 2.75) is 43.8 Å². The fourth-order valence-corrected chi connectivity index (χ4v) is 4.61. The van der Waals surface area contributed by atoms with Crippen LogP contribution in [0.4, 0.5) is 0 Å². The molecule has 1 saturated heterocycles. The summed E-state index contributed by atoms with van der Waals surface area (Å²) < 4.78 is 23.2. The van der Waals surface area contributed by atoms with E-state index in [1.807, 2.05) is 0 Å². The minimum atomic E-state index is -2.68. The highest BCUT2D eigenvalue weighted by molar-refractivity contribution is 7.92. The monoisotopic (exact) mass is 188 g/mol. The Bertz CT molecular complexity index is 252. The third-order valence-corrected chi connectivity index (χ3v) is 5.71. The molecule has 1 saturated carbocycles. The first-order valence-electron chi connectivity index (χ1n) is 4.92. The van der Waals surface area contributed by atoms with Crippen molar-refractivity contribution in [1.82, 2.24) is 0 Å². The SMILES string of the molecule is O=S1(=O)CCCCC1C1CCC1. The second kappa shape index (κ2) is 3.02. The van der Waals surface area contributed by atoms with Crippen LogP contribution in [-0.2, 0) is 9.84 Å². The maximum Gasteiger partial charge on any atom is 0.153 e. The lowest BCUT2D eigenvalue weighted by molar-refractivity contribution is 0.284. The highest BCUT2D eigenvalue weighted by atomic mass is 32.2. The Balaban J connectivity index is 2.10. The first-order chi connectivity index (χ1) is 5.70. The van der Waals surface area contributed by atoms with E-state index in [0.717, 1.165) is 32.1 Å². The predicted octanol–water partition coefficient (Wildman–Crippen LogP) is 1.75. The number of rotatable bonds is 1. The molecule has 0 N–H and O–H groups in total. The Labute approximate surface area is 74.3 Å². The van der Waals surface area contributed by atoms with Gasteiger partial charge in [0.25, 0.3) is 0 Å². The van der Waals surface area contributed by atoms with Crippen LogP contribution in [0.5, 0.6) is 0 Å². The third kappa shape index (κ3) is 1.39. The van der Waals surface area contributed by atoms with Crippen LogP contribution >= 0.6 is 0 Å². The van der Waals surface area contributed by atoms with Gasteiger partial charge in [-0.05, 0) is 31.6 Å². The average Bonchev–Trinajstić information content (AvgIpc) is 1.89. The van der Waals surface area contributed by atoms with E-state index in [-0.39, 0.29) is 5.25 Å². The van der Waals surface area contributed by atoms with Crippen molar-refractivity contribution in [3.05, 3.63) is 0 Å². The van der Waals surface area contributed by atoms with E-state index in [4.69, 9.17) is 0 Å². The van der Waals surface area contributed by atoms with Crippen molar-refractivity contribution >= 4 is 9.84 Å². The summed E-state index contributed by atoms with van der Waals surface area (Å²) in [6.07, 6.45) is 6.52. The molecule has 70 valence electrons. The van der Waals surface area contributed by atoms with Crippen LogP contribution in [0.1, 0.15) is 38.5 Å². The lowest BCUT2D eigenvalue weighted by Crippen LogP contribution is -2.38. The van der Waals surface area contributed by atoms with E-state index in [1.54, 1.807) is 0 Å². The zero-order valence-electron chi connectivity index (χ0n) is 7.33. The number of sulfone groups is 1. The van der Waals surface area contributed by atoms with Crippen molar-refractivity contribution < 1.29 is 8.42 Å². The first-order valence-corrected chi connectivity index (χ1v) is 6.63. The van der Waals surface area contributed by atoms with Crippen LogP contribution in [0.15, 0.2) is 0 Å². The largest absolute Gasteiger partial charge is 0.229 e. The van der Waals surface area contributed by atoms with Gasteiger partial charge in [0.2, 0.25) is 0 Å². The van der Waals surface area contributed by atoms with Gasteiger partial charge in [0.1, 0.15) is 0 Å². The highest BCUT2D eigenvalue weighted by Crippen LogP contribution is 2.37. The highest BCUT2D eigenvalue weighted by Gasteiger charge is 2.37. The fraction of sp³-hybridized carbons (Fsp3) is 1.00. The topological polar surface area (TPSA) is 34.1 Å². The molecule has 0 spiro atoms. The molecule has 0 aromatic rings. The molecule has 12 heavy (non-hydrogen) atoms. The van der Waals surface area contributed by atoms with Gasteiger partial charge in [-0.15, -0.1) is 0 Å². The number of hydrogen-bond donors (Lipinski definition) is 0. The van der Waals surface area contributed by atoms with E-state index in [2.05, 4.69) is 0 Å². The van der Waals surface area contributed by atoms with Gasteiger partial charge in [0, 0.05) is 0 Å². The maximum atomic E-state index is 11.6. The summed E-state index contributed by atoms with van der Waals surface area (Å²) in [6.45, 7) is 0. The summed E-state index contributed by atoms with van der Waals surface area (Å²) in [4.78, 5) is 0. The fourth-order valence-electron chi connectivity index (χ4n) is 2.32. The van der Waals surface area contributed by atoms with Gasteiger partial charge < -0.3 is 0 Å². The molecule has 2 rings (SSSR count). The molecule has 2 aliphatic rings. The van der Waals surface area contributed by atoms with Gasteiger partial charge in [0.05, 0.1) is 11.0 Å². The Morgan fingerprint density at radius 3 is 2.17 bits per heavy atom. The molecule has 0 aromatic heterocycles. The van der Waals surface area contributed by atoms with Crippen LogP contribution < -0.4 is 0 Å². The van der Waals surface area contributed by atoms with E-state index >= 15 is 0 Å². The first kappa shape index (κ1) is 8.54. The summed E-state index contributed by atoms with van der Waals surface area (Å²) >= 11 is 0. The van der Waals surface area contributed by atoms with Crippen LogP contribution in [0, 0.1) is 5.92 Å². The Hall–Kier alpha value is -0.0500. The van der Waals surface area contributed by atoms with Crippen LogP contribution in [-0.4, -0.2) is 19.4 Å². The molecule has 0 amide bonds. The van der Waals surface area contributed by atoms with Crippen molar-refractivity contribution in [2.75, 3.05) is 5.75 Å². The van der Waals surface area contributed by atoms with E-state index in [0.29, 0.717) is 11.7 Å². The molecular weight excluding hydrogens is 172 g/mol. The van der Waals surface area contributed by atoms with Gasteiger partial charge in [0.15, 0.2) is 9.84 Å². The summed E-state index contributed by atoms with van der Waals surface area (Å²) in [7, 11) is -2.68. The molecule has 0 aromatic carbocycles. The van der Waals surface area contributed by atoms with Crippen molar-refractivity contribution in [1.29, 1.82) is 0 Å². The van der Waals surface area contributed by atoms with E-state index < -0.39 is 9.84 Å². The predicted molar refractivity (Wildman–Crippen MR) is 48.8 cm³/mol. The Morgan fingerprint density at radius 1 is 0.917 bits per heavy atom. The minimum Gasteiger partial charge on any atom is -0.229 e. The molecule has 0 radical (unpaired) electrons. The Morgan fingerprint density at radius 2 is 1.67 bits per heavy atom. The zero-order valence-corrected chi connectivity index (χ0v) is 8.15. The maximum absolute atomic E-state index is 11.6. The molecule has 2 fully saturated rings. The Kier molecular flexibility index (Phi) is 2.15. The molecule has 3 heteroatoms. The molecular formula is C9H16O2S. The standard InChI is InChI=1S/C9H16O2S/c10-12(11)7-2-1-6-9(12)8-4-3-5-8/h8-9H,1-7H2.